The Labute approximate surface area is 81.9 Å². The Morgan fingerprint density at radius 1 is 1.08 bits per heavy atom. The van der Waals surface area contributed by atoms with Crippen LogP contribution >= 0.6 is 0 Å². The number of hydrogen-bond acceptors (Lipinski definition) is 1. The van der Waals surface area contributed by atoms with E-state index in [0.717, 1.165) is 6.42 Å². The minimum absolute atomic E-state index is 0.364. The van der Waals surface area contributed by atoms with Gasteiger partial charge in [-0.2, -0.15) is 0 Å². The Hall–Kier alpha value is -0.300. The first kappa shape index (κ1) is 10.8. The molecular formula is C12H22O. The number of unbranched alkanes of at least 4 members (excludes halogenated alkanes) is 3. The van der Waals surface area contributed by atoms with Crippen LogP contribution in [0, 0.1) is 0 Å². The lowest BCUT2D eigenvalue weighted by Gasteiger charge is -2.11. The van der Waals surface area contributed by atoms with Gasteiger partial charge in [-0.1, -0.05) is 24.5 Å². The molecule has 0 fully saturated rings. The van der Waals surface area contributed by atoms with Gasteiger partial charge in [-0.25, -0.2) is 0 Å². The van der Waals surface area contributed by atoms with Crippen molar-refractivity contribution in [2.24, 2.45) is 0 Å². The second-order valence-corrected chi connectivity index (χ2v) is 4.00. The summed E-state index contributed by atoms with van der Waals surface area (Å²) in [5.74, 6) is 0. The predicted molar refractivity (Wildman–Crippen MR) is 56.7 cm³/mol. The third-order valence-electron chi connectivity index (χ3n) is 2.79. The molecule has 1 aliphatic rings. The summed E-state index contributed by atoms with van der Waals surface area (Å²) in [7, 11) is 0. The standard InChI is InChI=1S/C12H22O/c13-11-7-2-1-4-8-12-9-5-3-6-10-12/h9,13H,1-8,10-11H2. The average Bonchev–Trinajstić information content (AvgIpc) is 2.19. The van der Waals surface area contributed by atoms with Crippen molar-refractivity contribution in [3.8, 4) is 0 Å². The molecule has 0 unspecified atom stereocenters. The molecule has 0 aromatic carbocycles. The number of aliphatic hydroxyl groups is 1. The number of aliphatic hydroxyl groups excluding tert-OH is 1. The highest BCUT2D eigenvalue weighted by atomic mass is 16.2. The molecule has 1 aliphatic carbocycles. The van der Waals surface area contributed by atoms with Gasteiger partial charge in [0.15, 0.2) is 0 Å². The lowest BCUT2D eigenvalue weighted by molar-refractivity contribution is 0.282. The van der Waals surface area contributed by atoms with Crippen LogP contribution in [0.3, 0.4) is 0 Å². The molecule has 0 spiro atoms. The van der Waals surface area contributed by atoms with Crippen molar-refractivity contribution >= 4 is 0 Å². The van der Waals surface area contributed by atoms with E-state index < -0.39 is 0 Å². The van der Waals surface area contributed by atoms with Gasteiger partial charge < -0.3 is 5.11 Å². The van der Waals surface area contributed by atoms with Crippen LogP contribution in [0.2, 0.25) is 0 Å². The molecule has 0 bridgehead atoms. The van der Waals surface area contributed by atoms with Gasteiger partial charge in [0.25, 0.3) is 0 Å². The molecule has 0 aromatic rings. The second-order valence-electron chi connectivity index (χ2n) is 4.00. The molecular weight excluding hydrogens is 160 g/mol. The molecule has 1 N–H and O–H groups in total. The SMILES string of the molecule is OCCCCCCC1=CCCCC1. The van der Waals surface area contributed by atoms with Crippen molar-refractivity contribution in [2.75, 3.05) is 6.61 Å². The largest absolute Gasteiger partial charge is 0.396 e. The maximum atomic E-state index is 8.60. The lowest BCUT2D eigenvalue weighted by atomic mass is 9.95. The summed E-state index contributed by atoms with van der Waals surface area (Å²) in [6, 6.07) is 0. The third kappa shape index (κ3) is 5.09. The van der Waals surface area contributed by atoms with Crippen molar-refractivity contribution in [2.45, 2.75) is 57.8 Å². The summed E-state index contributed by atoms with van der Waals surface area (Å²) < 4.78 is 0. The molecule has 76 valence electrons. The first-order chi connectivity index (χ1) is 6.43. The van der Waals surface area contributed by atoms with Crippen molar-refractivity contribution in [1.82, 2.24) is 0 Å². The first-order valence-electron chi connectivity index (χ1n) is 5.72. The highest BCUT2D eigenvalue weighted by molar-refractivity contribution is 5.04. The van der Waals surface area contributed by atoms with Crippen LogP contribution in [-0.4, -0.2) is 11.7 Å². The van der Waals surface area contributed by atoms with Gasteiger partial charge in [0.2, 0.25) is 0 Å². The molecule has 0 radical (unpaired) electrons. The minimum atomic E-state index is 0.364. The van der Waals surface area contributed by atoms with E-state index in [0.29, 0.717) is 6.61 Å². The molecule has 0 saturated heterocycles. The van der Waals surface area contributed by atoms with Gasteiger partial charge in [0.05, 0.1) is 0 Å². The molecule has 13 heavy (non-hydrogen) atoms. The summed E-state index contributed by atoms with van der Waals surface area (Å²) >= 11 is 0. The monoisotopic (exact) mass is 182 g/mol. The van der Waals surface area contributed by atoms with Crippen LogP contribution in [0.5, 0.6) is 0 Å². The van der Waals surface area contributed by atoms with Crippen molar-refractivity contribution in [3.05, 3.63) is 11.6 Å². The van der Waals surface area contributed by atoms with Gasteiger partial charge in [0, 0.05) is 6.61 Å². The smallest absolute Gasteiger partial charge is 0.0431 e. The molecule has 0 aliphatic heterocycles. The van der Waals surface area contributed by atoms with Crippen LogP contribution in [0.25, 0.3) is 0 Å². The van der Waals surface area contributed by atoms with Crippen LogP contribution in [-0.2, 0) is 0 Å². The van der Waals surface area contributed by atoms with E-state index in [-0.39, 0.29) is 0 Å². The topological polar surface area (TPSA) is 20.2 Å². The fourth-order valence-corrected chi connectivity index (χ4v) is 1.95. The van der Waals surface area contributed by atoms with Gasteiger partial charge in [-0.3, -0.25) is 0 Å². The number of hydrogen-bond donors (Lipinski definition) is 1. The highest BCUT2D eigenvalue weighted by Gasteiger charge is 2.02. The summed E-state index contributed by atoms with van der Waals surface area (Å²) in [4.78, 5) is 0. The Balaban J connectivity index is 1.95. The summed E-state index contributed by atoms with van der Waals surface area (Å²) in [6.45, 7) is 0.364. The Morgan fingerprint density at radius 3 is 2.62 bits per heavy atom. The van der Waals surface area contributed by atoms with Crippen molar-refractivity contribution in [3.63, 3.8) is 0 Å². The molecule has 0 atom stereocenters. The second kappa shape index (κ2) is 7.14. The highest BCUT2D eigenvalue weighted by Crippen LogP contribution is 2.22. The van der Waals surface area contributed by atoms with Crippen LogP contribution in [0.15, 0.2) is 11.6 Å². The van der Waals surface area contributed by atoms with Gasteiger partial charge in [-0.05, 0) is 44.9 Å². The van der Waals surface area contributed by atoms with Crippen LogP contribution < -0.4 is 0 Å². The molecule has 0 saturated carbocycles. The average molecular weight is 182 g/mol. The normalized spacial score (nSPS) is 17.2. The van der Waals surface area contributed by atoms with Crippen molar-refractivity contribution < 1.29 is 5.11 Å². The molecule has 0 heterocycles. The Bertz CT molecular complexity index is 149. The zero-order valence-corrected chi connectivity index (χ0v) is 8.60. The lowest BCUT2D eigenvalue weighted by Crippen LogP contribution is -1.92. The van der Waals surface area contributed by atoms with E-state index in [2.05, 4.69) is 6.08 Å². The fourth-order valence-electron chi connectivity index (χ4n) is 1.95. The summed E-state index contributed by atoms with van der Waals surface area (Å²) in [6.07, 6.45) is 14.0. The van der Waals surface area contributed by atoms with E-state index in [4.69, 9.17) is 5.11 Å². The van der Waals surface area contributed by atoms with Gasteiger partial charge in [-0.15, -0.1) is 0 Å². The van der Waals surface area contributed by atoms with Crippen LogP contribution in [0.4, 0.5) is 0 Å². The number of allylic oxidation sites excluding steroid dienone is 2. The van der Waals surface area contributed by atoms with E-state index in [1.807, 2.05) is 0 Å². The van der Waals surface area contributed by atoms with E-state index in [9.17, 15) is 0 Å². The first-order valence-corrected chi connectivity index (χ1v) is 5.72. The Morgan fingerprint density at radius 2 is 1.92 bits per heavy atom. The zero-order chi connectivity index (χ0) is 9.36. The van der Waals surface area contributed by atoms with Gasteiger partial charge in [0.1, 0.15) is 0 Å². The van der Waals surface area contributed by atoms with E-state index in [1.54, 1.807) is 5.57 Å². The molecule has 1 rings (SSSR count). The summed E-state index contributed by atoms with van der Waals surface area (Å²) in [5.41, 5.74) is 1.69. The zero-order valence-electron chi connectivity index (χ0n) is 8.60. The predicted octanol–water partition coefficient (Wildman–Crippen LogP) is 3.43. The maximum absolute atomic E-state index is 8.60. The summed E-state index contributed by atoms with van der Waals surface area (Å²) in [5, 5.41) is 8.60. The molecule has 1 nitrogen and oxygen atoms in total. The minimum Gasteiger partial charge on any atom is -0.396 e. The molecule has 1 heteroatoms. The Kier molecular flexibility index (Phi) is 5.92. The third-order valence-corrected chi connectivity index (χ3v) is 2.79. The number of rotatable bonds is 6. The van der Waals surface area contributed by atoms with Crippen molar-refractivity contribution in [1.29, 1.82) is 0 Å². The quantitative estimate of drug-likeness (QED) is 0.493. The molecule has 0 amide bonds. The van der Waals surface area contributed by atoms with Gasteiger partial charge >= 0.3 is 0 Å². The van der Waals surface area contributed by atoms with E-state index >= 15 is 0 Å². The van der Waals surface area contributed by atoms with Crippen LogP contribution in [0.1, 0.15) is 57.8 Å². The maximum Gasteiger partial charge on any atom is 0.0431 e. The van der Waals surface area contributed by atoms with E-state index in [1.165, 1.54) is 51.4 Å². The fraction of sp³-hybridized carbons (Fsp3) is 0.833. The molecule has 0 aromatic heterocycles.